The molecule has 9 heteroatoms. The van der Waals surface area contributed by atoms with Crippen LogP contribution in [0.25, 0.3) is 0 Å². The number of halogens is 1. The van der Waals surface area contributed by atoms with Gasteiger partial charge in [0.25, 0.3) is 5.91 Å². The Hall–Kier alpha value is -3.43. The molecule has 0 aliphatic carbocycles. The van der Waals surface area contributed by atoms with Crippen molar-refractivity contribution in [3.05, 3.63) is 83.7 Å². The average molecular weight is 487 g/mol. The molecule has 0 saturated carbocycles. The van der Waals surface area contributed by atoms with E-state index in [9.17, 15) is 17.6 Å². The van der Waals surface area contributed by atoms with E-state index >= 15 is 0 Å². The zero-order chi connectivity index (χ0) is 24.7. The van der Waals surface area contributed by atoms with E-state index in [0.29, 0.717) is 30.1 Å². The van der Waals surface area contributed by atoms with Gasteiger partial charge < -0.3 is 14.8 Å². The highest BCUT2D eigenvalue weighted by Gasteiger charge is 2.26. The van der Waals surface area contributed by atoms with E-state index in [4.69, 9.17) is 9.47 Å². The third-order valence-corrected chi connectivity index (χ3v) is 7.21. The summed E-state index contributed by atoms with van der Waals surface area (Å²) in [4.78, 5) is 12.8. The Morgan fingerprint density at radius 1 is 1.00 bits per heavy atom. The lowest BCUT2D eigenvalue weighted by molar-refractivity contribution is 0.102. The predicted molar refractivity (Wildman–Crippen MR) is 128 cm³/mol. The number of benzene rings is 3. The van der Waals surface area contributed by atoms with Crippen LogP contribution in [0.1, 0.15) is 29.8 Å². The first-order valence-electron chi connectivity index (χ1n) is 10.7. The fraction of sp³-hybridized carbons (Fsp3) is 0.240. The van der Waals surface area contributed by atoms with Gasteiger partial charge in [0.05, 0.1) is 7.11 Å². The molecule has 7 nitrogen and oxygen atoms in total. The highest BCUT2D eigenvalue weighted by atomic mass is 32.2. The second kappa shape index (κ2) is 11.1. The van der Waals surface area contributed by atoms with Crippen molar-refractivity contribution in [1.29, 1.82) is 0 Å². The Kier molecular flexibility index (Phi) is 8.25. The summed E-state index contributed by atoms with van der Waals surface area (Å²) in [7, 11) is -2.45. The third kappa shape index (κ3) is 5.92. The molecule has 34 heavy (non-hydrogen) atoms. The molecule has 180 valence electrons. The summed E-state index contributed by atoms with van der Waals surface area (Å²) in [5.41, 5.74) is 1.30. The Morgan fingerprint density at radius 2 is 1.74 bits per heavy atom. The van der Waals surface area contributed by atoms with Gasteiger partial charge in [-0.3, -0.25) is 4.79 Å². The Bertz CT molecular complexity index is 1260. The molecule has 3 aromatic carbocycles. The zero-order valence-electron chi connectivity index (χ0n) is 19.2. The number of sulfonamides is 1. The fourth-order valence-corrected chi connectivity index (χ4v) is 5.02. The van der Waals surface area contributed by atoms with Gasteiger partial charge in [0.2, 0.25) is 10.0 Å². The SMILES string of the molecule is CCN(CC)S(=O)(=O)c1cc(C(=O)Nc2cccc(OCc3cccc(F)c3)c2)ccc1OC. The molecule has 0 radical (unpaired) electrons. The average Bonchev–Trinajstić information content (AvgIpc) is 2.83. The van der Waals surface area contributed by atoms with Gasteiger partial charge in [-0.15, -0.1) is 0 Å². The number of hydrogen-bond donors (Lipinski definition) is 1. The molecule has 0 aliphatic rings. The van der Waals surface area contributed by atoms with Crippen LogP contribution in [0.5, 0.6) is 11.5 Å². The molecular weight excluding hydrogens is 459 g/mol. The first-order valence-corrected chi connectivity index (χ1v) is 12.2. The van der Waals surface area contributed by atoms with Crippen molar-refractivity contribution in [3.8, 4) is 11.5 Å². The van der Waals surface area contributed by atoms with Crippen LogP contribution in [-0.2, 0) is 16.6 Å². The van der Waals surface area contributed by atoms with E-state index in [2.05, 4.69) is 5.32 Å². The van der Waals surface area contributed by atoms with Gasteiger partial charge in [0.15, 0.2) is 0 Å². The molecule has 0 fully saturated rings. The number of hydrogen-bond acceptors (Lipinski definition) is 5. The van der Waals surface area contributed by atoms with Crippen LogP contribution < -0.4 is 14.8 Å². The number of nitrogens with zero attached hydrogens (tertiary/aromatic N) is 1. The molecule has 0 bridgehead atoms. The largest absolute Gasteiger partial charge is 0.495 e. The molecule has 1 N–H and O–H groups in total. The number of methoxy groups -OCH3 is 1. The summed E-state index contributed by atoms with van der Waals surface area (Å²) in [6.45, 7) is 4.24. The smallest absolute Gasteiger partial charge is 0.255 e. The number of amides is 1. The normalized spacial score (nSPS) is 11.3. The predicted octanol–water partition coefficient (Wildman–Crippen LogP) is 4.70. The van der Waals surface area contributed by atoms with Gasteiger partial charge >= 0.3 is 0 Å². The lowest BCUT2D eigenvalue weighted by Crippen LogP contribution is -2.31. The van der Waals surface area contributed by atoms with Crippen LogP contribution in [0, 0.1) is 5.82 Å². The van der Waals surface area contributed by atoms with Gasteiger partial charge in [0.1, 0.15) is 28.8 Å². The van der Waals surface area contributed by atoms with Crippen LogP contribution >= 0.6 is 0 Å². The number of anilines is 1. The maximum atomic E-state index is 13.3. The molecule has 0 unspecified atom stereocenters. The Labute approximate surface area is 199 Å². The highest BCUT2D eigenvalue weighted by Crippen LogP contribution is 2.28. The Morgan fingerprint density at radius 3 is 2.41 bits per heavy atom. The summed E-state index contributed by atoms with van der Waals surface area (Å²) in [5.74, 6) is -0.178. The van der Waals surface area contributed by atoms with Crippen LogP contribution in [0.3, 0.4) is 0 Å². The van der Waals surface area contributed by atoms with E-state index in [-0.39, 0.29) is 28.6 Å². The standard InChI is InChI=1S/C25H27FN2O5S/c1-4-28(5-2)34(30,31)24-15-19(12-13-23(24)32-3)25(29)27-21-10-7-11-22(16-21)33-17-18-8-6-9-20(26)14-18/h6-16H,4-5,17H2,1-3H3,(H,27,29). The molecular formula is C25H27FN2O5S. The van der Waals surface area contributed by atoms with Gasteiger partial charge in [-0.1, -0.05) is 32.0 Å². The Balaban J connectivity index is 1.78. The monoisotopic (exact) mass is 486 g/mol. The van der Waals surface area contributed by atoms with Crippen LogP contribution in [-0.4, -0.2) is 38.8 Å². The minimum Gasteiger partial charge on any atom is -0.495 e. The van der Waals surface area contributed by atoms with Crippen molar-refractivity contribution in [1.82, 2.24) is 4.31 Å². The van der Waals surface area contributed by atoms with Gasteiger partial charge in [-0.25, -0.2) is 12.8 Å². The highest BCUT2D eigenvalue weighted by molar-refractivity contribution is 7.89. The van der Waals surface area contributed by atoms with Gasteiger partial charge in [-0.05, 0) is 48.0 Å². The summed E-state index contributed by atoms with van der Waals surface area (Å²) in [5, 5.41) is 2.75. The first kappa shape index (κ1) is 25.2. The zero-order valence-corrected chi connectivity index (χ0v) is 20.1. The summed E-state index contributed by atoms with van der Waals surface area (Å²) in [6.07, 6.45) is 0. The van der Waals surface area contributed by atoms with Gasteiger partial charge in [0, 0.05) is 30.4 Å². The molecule has 0 aliphatic heterocycles. The number of carbonyl (C=O) groups is 1. The molecule has 0 spiro atoms. The lowest BCUT2D eigenvalue weighted by atomic mass is 10.2. The van der Waals surface area contributed by atoms with Crippen molar-refractivity contribution in [3.63, 3.8) is 0 Å². The molecule has 0 heterocycles. The minimum absolute atomic E-state index is 0.0708. The topological polar surface area (TPSA) is 84.9 Å². The first-order chi connectivity index (χ1) is 16.3. The van der Waals surface area contributed by atoms with E-state index in [0.717, 1.165) is 0 Å². The molecule has 3 aromatic rings. The summed E-state index contributed by atoms with van der Waals surface area (Å²) >= 11 is 0. The lowest BCUT2D eigenvalue weighted by Gasteiger charge is -2.20. The quantitative estimate of drug-likeness (QED) is 0.449. The maximum Gasteiger partial charge on any atom is 0.255 e. The maximum absolute atomic E-state index is 13.3. The van der Waals surface area contributed by atoms with E-state index < -0.39 is 15.9 Å². The number of rotatable bonds is 10. The van der Waals surface area contributed by atoms with Gasteiger partial charge in [-0.2, -0.15) is 4.31 Å². The number of carbonyl (C=O) groups excluding carboxylic acids is 1. The summed E-state index contributed by atoms with van der Waals surface area (Å²) in [6, 6.07) is 17.1. The second-order valence-corrected chi connectivity index (χ2v) is 9.26. The van der Waals surface area contributed by atoms with Crippen LogP contribution in [0.4, 0.5) is 10.1 Å². The van der Waals surface area contributed by atoms with E-state index in [1.807, 2.05) is 0 Å². The molecule has 0 saturated heterocycles. The van der Waals surface area contributed by atoms with Crippen molar-refractivity contribution in [2.24, 2.45) is 0 Å². The summed E-state index contributed by atoms with van der Waals surface area (Å²) < 4.78 is 51.6. The van der Waals surface area contributed by atoms with E-state index in [1.54, 1.807) is 50.2 Å². The fourth-order valence-electron chi connectivity index (χ4n) is 3.38. The van der Waals surface area contributed by atoms with E-state index in [1.165, 1.54) is 41.7 Å². The van der Waals surface area contributed by atoms with Crippen LogP contribution in [0.15, 0.2) is 71.6 Å². The molecule has 1 amide bonds. The van der Waals surface area contributed by atoms with Crippen molar-refractivity contribution >= 4 is 21.6 Å². The molecule has 0 aromatic heterocycles. The minimum atomic E-state index is -3.83. The number of nitrogens with one attached hydrogen (secondary N) is 1. The third-order valence-electron chi connectivity index (χ3n) is 5.14. The molecule has 0 atom stereocenters. The molecule has 3 rings (SSSR count). The number of ether oxygens (including phenoxy) is 2. The second-order valence-electron chi connectivity index (χ2n) is 7.36. The van der Waals surface area contributed by atoms with Crippen molar-refractivity contribution in [2.45, 2.75) is 25.3 Å². The van der Waals surface area contributed by atoms with Crippen molar-refractivity contribution < 1.29 is 27.1 Å². The van der Waals surface area contributed by atoms with Crippen LogP contribution in [0.2, 0.25) is 0 Å². The van der Waals surface area contributed by atoms with Crippen molar-refractivity contribution in [2.75, 3.05) is 25.5 Å².